The second-order valence-corrected chi connectivity index (χ2v) is 5.94. The van der Waals surface area contributed by atoms with E-state index in [2.05, 4.69) is 0 Å². The van der Waals surface area contributed by atoms with Crippen molar-refractivity contribution in [2.45, 2.75) is 25.1 Å². The molecule has 2 rings (SSSR count). The molecule has 0 aliphatic carbocycles. The van der Waals surface area contributed by atoms with Gasteiger partial charge in [0.1, 0.15) is 0 Å². The molecule has 0 radical (unpaired) electrons. The molecule has 1 aliphatic rings. The summed E-state index contributed by atoms with van der Waals surface area (Å²) in [7, 11) is 0. The maximum Gasteiger partial charge on any atom is 0.253 e. The van der Waals surface area contributed by atoms with Gasteiger partial charge in [-0.25, -0.2) is 0 Å². The molecule has 0 spiro atoms. The first-order valence-corrected chi connectivity index (χ1v) is 7.08. The van der Waals surface area contributed by atoms with Crippen LogP contribution in [0.25, 0.3) is 0 Å². The normalized spacial score (nSPS) is 18.7. The lowest BCUT2D eigenvalue weighted by molar-refractivity contribution is 0.0690. The molecule has 0 aromatic heterocycles. The van der Waals surface area contributed by atoms with Gasteiger partial charge in [0.25, 0.3) is 5.91 Å². The van der Waals surface area contributed by atoms with Crippen LogP contribution in [0.5, 0.6) is 0 Å². The third kappa shape index (κ3) is 3.18. The zero-order valence-electron chi connectivity index (χ0n) is 10.4. The summed E-state index contributed by atoms with van der Waals surface area (Å²) in [6.07, 6.45) is 1.97. The molecule has 98 valence electrons. The fourth-order valence-electron chi connectivity index (χ4n) is 2.37. The smallest absolute Gasteiger partial charge is 0.253 e. The SMILES string of the molecule is CC(Cl)C1CCN(C(=O)c2cccc(Cl)c2)CC1. The quantitative estimate of drug-likeness (QED) is 0.757. The lowest BCUT2D eigenvalue weighted by Gasteiger charge is -2.33. The van der Waals surface area contributed by atoms with E-state index >= 15 is 0 Å². The van der Waals surface area contributed by atoms with Crippen molar-refractivity contribution in [2.75, 3.05) is 13.1 Å². The lowest BCUT2D eigenvalue weighted by atomic mass is 9.93. The number of carbonyl (C=O) groups is 1. The van der Waals surface area contributed by atoms with E-state index in [1.54, 1.807) is 12.1 Å². The van der Waals surface area contributed by atoms with Gasteiger partial charge in [0.2, 0.25) is 0 Å². The van der Waals surface area contributed by atoms with Crippen LogP contribution in [0.1, 0.15) is 30.1 Å². The summed E-state index contributed by atoms with van der Waals surface area (Å²) in [5.74, 6) is 0.591. The maximum atomic E-state index is 12.3. The zero-order valence-corrected chi connectivity index (χ0v) is 11.9. The van der Waals surface area contributed by atoms with Gasteiger partial charge in [-0.3, -0.25) is 4.79 Å². The fourth-order valence-corrected chi connectivity index (χ4v) is 2.81. The van der Waals surface area contributed by atoms with Crippen molar-refractivity contribution >= 4 is 29.1 Å². The molecule has 1 heterocycles. The molecule has 1 aromatic carbocycles. The number of carbonyl (C=O) groups excluding carboxylic acids is 1. The summed E-state index contributed by atoms with van der Waals surface area (Å²) < 4.78 is 0. The van der Waals surface area contributed by atoms with Gasteiger partial charge in [-0.15, -0.1) is 11.6 Å². The van der Waals surface area contributed by atoms with Crippen LogP contribution in [0.15, 0.2) is 24.3 Å². The Morgan fingerprint density at radius 3 is 2.61 bits per heavy atom. The molecule has 0 N–H and O–H groups in total. The summed E-state index contributed by atoms with van der Waals surface area (Å²) in [5, 5.41) is 0.790. The van der Waals surface area contributed by atoms with Crippen LogP contribution in [0.2, 0.25) is 5.02 Å². The topological polar surface area (TPSA) is 20.3 Å². The number of likely N-dealkylation sites (tertiary alicyclic amines) is 1. The van der Waals surface area contributed by atoms with Crippen molar-refractivity contribution in [1.29, 1.82) is 0 Å². The molecule has 0 saturated carbocycles. The minimum absolute atomic E-state index is 0.0678. The van der Waals surface area contributed by atoms with Crippen molar-refractivity contribution in [3.05, 3.63) is 34.9 Å². The van der Waals surface area contributed by atoms with Crippen LogP contribution >= 0.6 is 23.2 Å². The molecule has 1 saturated heterocycles. The summed E-state index contributed by atoms with van der Waals surface area (Å²) in [4.78, 5) is 14.2. The Bertz CT molecular complexity index is 426. The molecule has 1 unspecified atom stereocenters. The highest BCUT2D eigenvalue weighted by molar-refractivity contribution is 6.30. The van der Waals surface area contributed by atoms with Crippen molar-refractivity contribution < 1.29 is 4.79 Å². The molecule has 1 amide bonds. The van der Waals surface area contributed by atoms with Crippen molar-refractivity contribution in [1.82, 2.24) is 4.90 Å². The van der Waals surface area contributed by atoms with Crippen LogP contribution in [0, 0.1) is 5.92 Å². The predicted molar refractivity (Wildman–Crippen MR) is 75.4 cm³/mol. The first-order valence-electron chi connectivity index (χ1n) is 6.27. The Labute approximate surface area is 118 Å². The number of halogens is 2. The van der Waals surface area contributed by atoms with E-state index in [0.717, 1.165) is 25.9 Å². The minimum Gasteiger partial charge on any atom is -0.339 e. The van der Waals surface area contributed by atoms with Crippen molar-refractivity contribution in [3.8, 4) is 0 Å². The third-order valence-corrected chi connectivity index (χ3v) is 4.14. The summed E-state index contributed by atoms with van der Waals surface area (Å²) in [6, 6.07) is 7.12. The molecular weight excluding hydrogens is 269 g/mol. The van der Waals surface area contributed by atoms with Gasteiger partial charge in [0.05, 0.1) is 0 Å². The van der Waals surface area contributed by atoms with E-state index in [1.807, 2.05) is 24.0 Å². The standard InChI is InChI=1S/C14H17Cl2NO/c1-10(15)11-5-7-17(8-6-11)14(18)12-3-2-4-13(16)9-12/h2-4,9-11H,5-8H2,1H3. The lowest BCUT2D eigenvalue weighted by Crippen LogP contribution is -2.40. The highest BCUT2D eigenvalue weighted by Gasteiger charge is 2.25. The molecule has 0 bridgehead atoms. The molecule has 2 nitrogen and oxygen atoms in total. The molecule has 1 fully saturated rings. The molecule has 18 heavy (non-hydrogen) atoms. The highest BCUT2D eigenvalue weighted by Crippen LogP contribution is 2.25. The summed E-state index contributed by atoms with van der Waals surface area (Å²) in [5.41, 5.74) is 0.667. The highest BCUT2D eigenvalue weighted by atomic mass is 35.5. The minimum atomic E-state index is 0.0678. The predicted octanol–water partition coefficient (Wildman–Crippen LogP) is 3.82. The van der Waals surface area contributed by atoms with Crippen LogP contribution in [0.4, 0.5) is 0 Å². The number of nitrogens with zero attached hydrogens (tertiary/aromatic N) is 1. The van der Waals surface area contributed by atoms with Crippen LogP contribution in [-0.2, 0) is 0 Å². The first kappa shape index (κ1) is 13.7. The fraction of sp³-hybridized carbons (Fsp3) is 0.500. The number of rotatable bonds is 2. The Hall–Kier alpha value is -0.730. The number of benzene rings is 1. The Morgan fingerprint density at radius 2 is 2.06 bits per heavy atom. The number of amides is 1. The average molecular weight is 286 g/mol. The first-order chi connectivity index (χ1) is 8.58. The van der Waals surface area contributed by atoms with E-state index in [0.29, 0.717) is 16.5 Å². The largest absolute Gasteiger partial charge is 0.339 e. The van der Waals surface area contributed by atoms with Crippen LogP contribution in [0.3, 0.4) is 0 Å². The number of alkyl halides is 1. The number of hydrogen-bond acceptors (Lipinski definition) is 1. The third-order valence-electron chi connectivity index (χ3n) is 3.55. The van der Waals surface area contributed by atoms with E-state index in [1.165, 1.54) is 0 Å². The molecular formula is C14H17Cl2NO. The Balaban J connectivity index is 1.99. The zero-order chi connectivity index (χ0) is 13.1. The summed E-state index contributed by atoms with van der Waals surface area (Å²) in [6.45, 7) is 3.60. The summed E-state index contributed by atoms with van der Waals surface area (Å²) >= 11 is 12.0. The van der Waals surface area contributed by atoms with Gasteiger partial charge >= 0.3 is 0 Å². The van der Waals surface area contributed by atoms with Crippen molar-refractivity contribution in [3.63, 3.8) is 0 Å². The Morgan fingerprint density at radius 1 is 1.39 bits per heavy atom. The molecule has 4 heteroatoms. The number of piperidine rings is 1. The van der Waals surface area contributed by atoms with Gasteiger partial charge in [-0.2, -0.15) is 0 Å². The Kier molecular flexibility index (Phi) is 4.52. The van der Waals surface area contributed by atoms with Gasteiger partial charge in [-0.1, -0.05) is 17.7 Å². The monoisotopic (exact) mass is 285 g/mol. The van der Waals surface area contributed by atoms with Crippen molar-refractivity contribution in [2.24, 2.45) is 5.92 Å². The van der Waals surface area contributed by atoms with Gasteiger partial charge < -0.3 is 4.90 Å². The van der Waals surface area contributed by atoms with Crippen LogP contribution < -0.4 is 0 Å². The molecule has 1 aliphatic heterocycles. The van der Waals surface area contributed by atoms with Gasteiger partial charge in [0, 0.05) is 29.1 Å². The average Bonchev–Trinajstić information content (AvgIpc) is 2.38. The maximum absolute atomic E-state index is 12.3. The van der Waals surface area contributed by atoms with Gasteiger partial charge in [0.15, 0.2) is 0 Å². The molecule has 1 aromatic rings. The second-order valence-electron chi connectivity index (χ2n) is 4.82. The van der Waals surface area contributed by atoms with Gasteiger partial charge in [-0.05, 0) is 43.9 Å². The van der Waals surface area contributed by atoms with E-state index in [-0.39, 0.29) is 11.3 Å². The van der Waals surface area contributed by atoms with E-state index in [9.17, 15) is 4.79 Å². The number of hydrogen-bond donors (Lipinski definition) is 0. The van der Waals surface area contributed by atoms with Crippen LogP contribution in [-0.4, -0.2) is 29.3 Å². The molecule has 1 atom stereocenters. The van der Waals surface area contributed by atoms with E-state index in [4.69, 9.17) is 23.2 Å². The second kappa shape index (κ2) is 5.94. The van der Waals surface area contributed by atoms with E-state index < -0.39 is 0 Å².